The molecule has 1 fully saturated rings. The summed E-state index contributed by atoms with van der Waals surface area (Å²) in [7, 11) is 0. The van der Waals surface area contributed by atoms with Crippen LogP contribution in [0.25, 0.3) is 0 Å². The molecule has 3 rings (SSSR count). The van der Waals surface area contributed by atoms with E-state index < -0.39 is 0 Å². The Bertz CT molecular complexity index is 383. The van der Waals surface area contributed by atoms with Gasteiger partial charge in [-0.2, -0.15) is 11.8 Å². The fraction of sp³-hybridized carbons (Fsp3) is 0.769. The summed E-state index contributed by atoms with van der Waals surface area (Å²) in [6.45, 7) is 0. The van der Waals surface area contributed by atoms with Gasteiger partial charge >= 0.3 is 0 Å². The predicted molar refractivity (Wildman–Crippen MR) is 75.5 cm³/mol. The summed E-state index contributed by atoms with van der Waals surface area (Å²) in [4.78, 5) is 6.15. The minimum Gasteiger partial charge on any atom is -0.323 e. The van der Waals surface area contributed by atoms with E-state index in [-0.39, 0.29) is 6.04 Å². The fourth-order valence-corrected chi connectivity index (χ4v) is 5.30. The highest BCUT2D eigenvalue weighted by Gasteiger charge is 2.22. The van der Waals surface area contributed by atoms with Gasteiger partial charge in [0.05, 0.1) is 5.69 Å². The van der Waals surface area contributed by atoms with Crippen molar-refractivity contribution >= 4 is 23.1 Å². The number of fused-ring (bicyclic) bond motifs is 1. The molecule has 1 saturated carbocycles. The number of hydrogen-bond donors (Lipinski definition) is 1. The summed E-state index contributed by atoms with van der Waals surface area (Å²) in [5, 5.41) is 2.20. The van der Waals surface area contributed by atoms with Gasteiger partial charge in [0.2, 0.25) is 0 Å². The number of thiazole rings is 1. The van der Waals surface area contributed by atoms with Gasteiger partial charge in [0, 0.05) is 21.9 Å². The van der Waals surface area contributed by atoms with Crippen molar-refractivity contribution in [1.29, 1.82) is 0 Å². The van der Waals surface area contributed by atoms with Crippen molar-refractivity contribution in [2.75, 3.05) is 0 Å². The van der Waals surface area contributed by atoms with Crippen LogP contribution >= 0.6 is 23.1 Å². The molecular formula is C13H20N2S2. The molecule has 0 amide bonds. The lowest BCUT2D eigenvalue weighted by molar-refractivity contribution is 0.573. The number of aryl methyl sites for hydroxylation is 1. The van der Waals surface area contributed by atoms with E-state index in [2.05, 4.69) is 11.8 Å². The number of thioether (sulfide) groups is 1. The maximum Gasteiger partial charge on any atom is 0.103 e. The number of nitrogens with zero attached hydrogens (tertiary/aromatic N) is 1. The molecule has 2 N–H and O–H groups in total. The van der Waals surface area contributed by atoms with E-state index in [1.165, 1.54) is 47.7 Å². The molecule has 0 aliphatic heterocycles. The molecule has 0 radical (unpaired) electrons. The number of hydrogen-bond acceptors (Lipinski definition) is 4. The standard InChI is InChI=1S/C13H20N2S2/c14-10-6-3-7-11-13(10)17-12(15-11)8-16-9-4-1-2-5-9/h9-10H,1-8,14H2. The van der Waals surface area contributed by atoms with Crippen molar-refractivity contribution in [2.24, 2.45) is 5.73 Å². The van der Waals surface area contributed by atoms with Crippen LogP contribution in [0.3, 0.4) is 0 Å². The van der Waals surface area contributed by atoms with Crippen LogP contribution in [0.1, 0.15) is 60.1 Å². The molecule has 94 valence electrons. The lowest BCUT2D eigenvalue weighted by atomic mass is 9.99. The third-order valence-electron chi connectivity index (χ3n) is 3.78. The molecular weight excluding hydrogens is 248 g/mol. The Hall–Kier alpha value is -0.0600. The Morgan fingerprint density at radius 2 is 2.06 bits per heavy atom. The average Bonchev–Trinajstić information content (AvgIpc) is 2.95. The van der Waals surface area contributed by atoms with E-state index in [1.54, 1.807) is 0 Å². The Kier molecular flexibility index (Phi) is 3.73. The van der Waals surface area contributed by atoms with E-state index in [1.807, 2.05) is 11.3 Å². The minimum atomic E-state index is 0.265. The highest BCUT2D eigenvalue weighted by molar-refractivity contribution is 7.99. The van der Waals surface area contributed by atoms with Crippen LogP contribution in [0.5, 0.6) is 0 Å². The van der Waals surface area contributed by atoms with E-state index in [0.29, 0.717) is 0 Å². The van der Waals surface area contributed by atoms with Crippen molar-refractivity contribution in [3.05, 3.63) is 15.6 Å². The summed E-state index contributed by atoms with van der Waals surface area (Å²) >= 11 is 3.98. The van der Waals surface area contributed by atoms with Gasteiger partial charge in [-0.05, 0) is 32.1 Å². The van der Waals surface area contributed by atoms with E-state index in [0.717, 1.165) is 23.8 Å². The normalized spacial score (nSPS) is 25.1. The Morgan fingerprint density at radius 3 is 2.82 bits per heavy atom. The molecule has 1 unspecified atom stereocenters. The summed E-state index contributed by atoms with van der Waals surface area (Å²) < 4.78 is 0. The molecule has 1 heterocycles. The zero-order chi connectivity index (χ0) is 11.7. The van der Waals surface area contributed by atoms with Crippen LogP contribution in [-0.2, 0) is 12.2 Å². The number of nitrogens with two attached hydrogens (primary N) is 1. The van der Waals surface area contributed by atoms with Gasteiger partial charge in [-0.15, -0.1) is 11.3 Å². The van der Waals surface area contributed by atoms with Gasteiger partial charge in [-0.3, -0.25) is 0 Å². The summed E-state index contributed by atoms with van der Waals surface area (Å²) in [6, 6.07) is 0.265. The van der Waals surface area contributed by atoms with Crippen LogP contribution in [-0.4, -0.2) is 10.2 Å². The first-order valence-corrected chi connectivity index (χ1v) is 8.55. The molecule has 17 heavy (non-hydrogen) atoms. The Labute approximate surface area is 111 Å². The van der Waals surface area contributed by atoms with Gasteiger partial charge in [0.25, 0.3) is 0 Å². The number of aromatic nitrogens is 1. The Balaban J connectivity index is 1.63. The van der Waals surface area contributed by atoms with Gasteiger partial charge in [-0.25, -0.2) is 4.98 Å². The maximum atomic E-state index is 6.14. The van der Waals surface area contributed by atoms with Crippen molar-refractivity contribution in [1.82, 2.24) is 4.98 Å². The molecule has 2 aliphatic carbocycles. The predicted octanol–water partition coefficient (Wildman–Crippen LogP) is 3.66. The molecule has 1 aromatic rings. The second-order valence-electron chi connectivity index (χ2n) is 5.13. The SMILES string of the molecule is NC1CCCc2nc(CSC3CCCC3)sc21. The molecule has 2 nitrogen and oxygen atoms in total. The zero-order valence-electron chi connectivity index (χ0n) is 10.2. The second-order valence-corrected chi connectivity index (χ2v) is 7.54. The van der Waals surface area contributed by atoms with Crippen LogP contribution in [0, 0.1) is 0 Å². The van der Waals surface area contributed by atoms with Gasteiger partial charge in [-0.1, -0.05) is 12.8 Å². The van der Waals surface area contributed by atoms with Crippen molar-refractivity contribution in [2.45, 2.75) is 62.0 Å². The smallest absolute Gasteiger partial charge is 0.103 e. The van der Waals surface area contributed by atoms with Crippen LogP contribution in [0.4, 0.5) is 0 Å². The molecule has 1 aromatic heterocycles. The van der Waals surface area contributed by atoms with Crippen LogP contribution in [0.15, 0.2) is 0 Å². The number of rotatable bonds is 3. The average molecular weight is 268 g/mol. The third-order valence-corrected chi connectivity index (χ3v) is 6.58. The molecule has 0 bridgehead atoms. The topological polar surface area (TPSA) is 38.9 Å². The van der Waals surface area contributed by atoms with Gasteiger partial charge in [0.15, 0.2) is 0 Å². The molecule has 4 heteroatoms. The van der Waals surface area contributed by atoms with E-state index in [4.69, 9.17) is 10.7 Å². The molecule has 0 aromatic carbocycles. The van der Waals surface area contributed by atoms with Crippen molar-refractivity contribution in [3.63, 3.8) is 0 Å². The maximum absolute atomic E-state index is 6.14. The van der Waals surface area contributed by atoms with Gasteiger partial charge < -0.3 is 5.73 Å². The quantitative estimate of drug-likeness (QED) is 0.909. The second kappa shape index (κ2) is 5.29. The minimum absolute atomic E-state index is 0.265. The third kappa shape index (κ3) is 2.69. The highest BCUT2D eigenvalue weighted by Crippen LogP contribution is 2.36. The fourth-order valence-electron chi connectivity index (χ4n) is 2.81. The first kappa shape index (κ1) is 12.0. The largest absolute Gasteiger partial charge is 0.323 e. The van der Waals surface area contributed by atoms with Gasteiger partial charge in [0.1, 0.15) is 5.01 Å². The summed E-state index contributed by atoms with van der Waals surface area (Å²) in [5.41, 5.74) is 7.44. The molecule has 0 spiro atoms. The van der Waals surface area contributed by atoms with E-state index >= 15 is 0 Å². The first-order valence-electron chi connectivity index (χ1n) is 6.68. The molecule has 2 aliphatic rings. The zero-order valence-corrected chi connectivity index (χ0v) is 11.8. The van der Waals surface area contributed by atoms with Crippen molar-refractivity contribution in [3.8, 4) is 0 Å². The van der Waals surface area contributed by atoms with Crippen LogP contribution in [0.2, 0.25) is 0 Å². The van der Waals surface area contributed by atoms with Crippen molar-refractivity contribution < 1.29 is 0 Å². The Morgan fingerprint density at radius 1 is 1.24 bits per heavy atom. The lowest BCUT2D eigenvalue weighted by Gasteiger charge is -2.15. The highest BCUT2D eigenvalue weighted by atomic mass is 32.2. The summed E-state index contributed by atoms with van der Waals surface area (Å²) in [5.74, 6) is 1.11. The van der Waals surface area contributed by atoms with Crippen LogP contribution < -0.4 is 5.73 Å². The monoisotopic (exact) mass is 268 g/mol. The summed E-state index contributed by atoms with van der Waals surface area (Å²) in [6.07, 6.45) is 9.18. The first-order chi connectivity index (χ1) is 8.33. The lowest BCUT2D eigenvalue weighted by Crippen LogP contribution is -2.15. The van der Waals surface area contributed by atoms with E-state index in [9.17, 15) is 0 Å². The molecule has 1 atom stereocenters. The molecule has 0 saturated heterocycles.